The first kappa shape index (κ1) is 27.8. The van der Waals surface area contributed by atoms with Crippen LogP contribution in [-0.2, 0) is 0 Å². The predicted octanol–water partition coefficient (Wildman–Crippen LogP) is 8.44. The molecule has 0 aromatic heterocycles. The van der Waals surface area contributed by atoms with Gasteiger partial charge in [0.15, 0.2) is 0 Å². The van der Waals surface area contributed by atoms with Gasteiger partial charge in [-0.05, 0) is 51.9 Å². The van der Waals surface area contributed by atoms with Gasteiger partial charge >= 0.3 is 0 Å². The minimum Gasteiger partial charge on any atom is -0.344 e. The molecule has 1 unspecified atom stereocenters. The van der Waals surface area contributed by atoms with Gasteiger partial charge in [0, 0.05) is 0 Å². The van der Waals surface area contributed by atoms with Crippen LogP contribution in [0.4, 0.5) is 0 Å². The monoisotopic (exact) mass is 335 g/mol. The molecule has 0 saturated carbocycles. The molecule has 1 nitrogen and oxygen atoms in total. The van der Waals surface area contributed by atoms with E-state index in [2.05, 4.69) is 72.4 Å². The number of rotatable bonds is 6. The van der Waals surface area contributed by atoms with E-state index in [-0.39, 0.29) is 6.15 Å². The molecule has 2 atom stereocenters. The Morgan fingerprint density at radius 2 is 1.88 bits per heavy atom. The minimum absolute atomic E-state index is 0. The van der Waals surface area contributed by atoms with Crippen molar-refractivity contribution >= 4 is 0 Å². The molecule has 0 bridgehead atoms. The standard InChI is InChI=1S/C17H28.C3H8.C3H6.H3N/c1-5-6-7-8-15(3)13-16(4)17-11-9-14(2)10-12-17;2*1-3-2;/h8-11,16-17H,5-7,12-13H2,1-4H3;3H2,1-2H3;3H,1H2,2H3;1H3/b15-8+;;;/t16-,17?;;;/m0.../s1. The SMILES string of the molecule is C=CC.CCC.CCCC/C=C(\C)C[C@H](C)C1C=CC(C)=CC1.N. The normalized spacial score (nSPS) is 17.2. The van der Waals surface area contributed by atoms with Crippen molar-refractivity contribution in [2.75, 3.05) is 0 Å². The van der Waals surface area contributed by atoms with Gasteiger partial charge in [0.1, 0.15) is 0 Å². The molecule has 0 radical (unpaired) electrons. The molecule has 0 saturated heterocycles. The van der Waals surface area contributed by atoms with Gasteiger partial charge < -0.3 is 6.15 Å². The zero-order valence-corrected chi connectivity index (χ0v) is 17.7. The molecule has 3 N–H and O–H groups in total. The van der Waals surface area contributed by atoms with Crippen LogP contribution in [0, 0.1) is 11.8 Å². The average Bonchev–Trinajstić information content (AvgIpc) is 2.49. The van der Waals surface area contributed by atoms with Gasteiger partial charge in [-0.15, -0.1) is 6.58 Å². The third-order valence-corrected chi connectivity index (χ3v) is 3.74. The number of hydrogen-bond acceptors (Lipinski definition) is 1. The fourth-order valence-electron chi connectivity index (χ4n) is 2.46. The quantitative estimate of drug-likeness (QED) is 0.383. The summed E-state index contributed by atoms with van der Waals surface area (Å²) < 4.78 is 0. The smallest absolute Gasteiger partial charge is 0.0167 e. The molecule has 0 heterocycles. The summed E-state index contributed by atoms with van der Waals surface area (Å²) in [5.41, 5.74) is 2.99. The number of unbranched alkanes of at least 4 members (excludes halogenated alkanes) is 2. The molecule has 1 aliphatic rings. The van der Waals surface area contributed by atoms with Crippen molar-refractivity contribution < 1.29 is 0 Å². The highest BCUT2D eigenvalue weighted by atomic mass is 14.2. The van der Waals surface area contributed by atoms with E-state index in [4.69, 9.17) is 0 Å². The lowest BCUT2D eigenvalue weighted by Crippen LogP contribution is -2.11. The van der Waals surface area contributed by atoms with Crippen LogP contribution >= 0.6 is 0 Å². The molecule has 24 heavy (non-hydrogen) atoms. The van der Waals surface area contributed by atoms with E-state index in [1.165, 1.54) is 44.1 Å². The van der Waals surface area contributed by atoms with Crippen LogP contribution in [0.2, 0.25) is 0 Å². The van der Waals surface area contributed by atoms with Gasteiger partial charge in [-0.1, -0.05) is 88.5 Å². The van der Waals surface area contributed by atoms with Gasteiger partial charge in [0.2, 0.25) is 0 Å². The molecular weight excluding hydrogens is 290 g/mol. The Kier molecular flexibility index (Phi) is 23.1. The second-order valence-electron chi connectivity index (χ2n) is 6.70. The lowest BCUT2D eigenvalue weighted by molar-refractivity contribution is 0.424. The molecule has 0 aromatic rings. The molecule has 0 amide bonds. The Morgan fingerprint density at radius 1 is 1.33 bits per heavy atom. The lowest BCUT2D eigenvalue weighted by Gasteiger charge is -2.22. The zero-order chi connectivity index (χ0) is 18.1. The third kappa shape index (κ3) is 17.3. The summed E-state index contributed by atoms with van der Waals surface area (Å²) in [4.78, 5) is 0. The van der Waals surface area contributed by atoms with Crippen LogP contribution in [-0.4, -0.2) is 0 Å². The van der Waals surface area contributed by atoms with E-state index in [0.29, 0.717) is 0 Å². The van der Waals surface area contributed by atoms with E-state index in [9.17, 15) is 0 Å². The van der Waals surface area contributed by atoms with E-state index in [0.717, 1.165) is 11.8 Å². The molecule has 142 valence electrons. The van der Waals surface area contributed by atoms with Gasteiger partial charge in [-0.3, -0.25) is 0 Å². The summed E-state index contributed by atoms with van der Waals surface area (Å²) in [6.45, 7) is 18.6. The minimum atomic E-state index is 0. The molecule has 1 rings (SSSR count). The van der Waals surface area contributed by atoms with Crippen molar-refractivity contribution in [2.24, 2.45) is 11.8 Å². The van der Waals surface area contributed by atoms with Crippen molar-refractivity contribution in [2.45, 2.75) is 87.0 Å². The van der Waals surface area contributed by atoms with E-state index >= 15 is 0 Å². The lowest BCUT2D eigenvalue weighted by atomic mass is 9.83. The Hall–Kier alpha value is -1.08. The second kappa shape index (κ2) is 20.0. The summed E-state index contributed by atoms with van der Waals surface area (Å²) in [6, 6.07) is 0. The highest BCUT2D eigenvalue weighted by Crippen LogP contribution is 2.28. The van der Waals surface area contributed by atoms with Crippen LogP contribution in [0.3, 0.4) is 0 Å². The Bertz CT molecular complexity index is 360. The van der Waals surface area contributed by atoms with Gasteiger partial charge in [0.05, 0.1) is 0 Å². The molecule has 0 aliphatic heterocycles. The predicted molar refractivity (Wildman–Crippen MR) is 115 cm³/mol. The summed E-state index contributed by atoms with van der Waals surface area (Å²) in [7, 11) is 0. The average molecular weight is 336 g/mol. The van der Waals surface area contributed by atoms with Crippen molar-refractivity contribution in [1.82, 2.24) is 6.15 Å². The summed E-state index contributed by atoms with van der Waals surface area (Å²) >= 11 is 0. The van der Waals surface area contributed by atoms with Gasteiger partial charge in [-0.2, -0.15) is 0 Å². The highest BCUT2D eigenvalue weighted by molar-refractivity contribution is 5.22. The number of hydrogen-bond donors (Lipinski definition) is 1. The number of allylic oxidation sites excluding steroid dienone is 7. The summed E-state index contributed by atoms with van der Waals surface area (Å²) in [5.74, 6) is 1.52. The van der Waals surface area contributed by atoms with E-state index in [1.54, 1.807) is 11.6 Å². The summed E-state index contributed by atoms with van der Waals surface area (Å²) in [6.07, 6.45) is 18.9. The maximum absolute atomic E-state index is 3.36. The topological polar surface area (TPSA) is 35.0 Å². The van der Waals surface area contributed by atoms with Crippen molar-refractivity contribution in [3.05, 3.63) is 48.1 Å². The molecule has 0 spiro atoms. The molecule has 1 aliphatic carbocycles. The van der Waals surface area contributed by atoms with Crippen LogP contribution in [0.15, 0.2) is 48.1 Å². The van der Waals surface area contributed by atoms with Crippen molar-refractivity contribution in [1.29, 1.82) is 0 Å². The summed E-state index contributed by atoms with van der Waals surface area (Å²) in [5, 5.41) is 0. The fourth-order valence-corrected chi connectivity index (χ4v) is 2.46. The molecule has 0 fully saturated rings. The Morgan fingerprint density at radius 3 is 2.29 bits per heavy atom. The Balaban J connectivity index is -0.000000550. The first-order valence-corrected chi connectivity index (χ1v) is 9.54. The molecular formula is C23H45N. The first-order chi connectivity index (χ1) is 11.0. The van der Waals surface area contributed by atoms with Gasteiger partial charge in [-0.25, -0.2) is 0 Å². The van der Waals surface area contributed by atoms with Crippen LogP contribution < -0.4 is 6.15 Å². The van der Waals surface area contributed by atoms with Crippen molar-refractivity contribution in [3.8, 4) is 0 Å². The fraction of sp³-hybridized carbons (Fsp3) is 0.652. The maximum Gasteiger partial charge on any atom is -0.0167 e. The Labute approximate surface area is 153 Å². The molecule has 0 aromatic carbocycles. The largest absolute Gasteiger partial charge is 0.344 e. The van der Waals surface area contributed by atoms with Gasteiger partial charge in [0.25, 0.3) is 0 Å². The highest BCUT2D eigenvalue weighted by Gasteiger charge is 2.15. The van der Waals surface area contributed by atoms with Crippen LogP contribution in [0.5, 0.6) is 0 Å². The first-order valence-electron chi connectivity index (χ1n) is 9.54. The third-order valence-electron chi connectivity index (χ3n) is 3.74. The maximum atomic E-state index is 3.36. The van der Waals surface area contributed by atoms with Crippen LogP contribution in [0.25, 0.3) is 0 Å². The zero-order valence-electron chi connectivity index (χ0n) is 17.7. The van der Waals surface area contributed by atoms with E-state index in [1.807, 2.05) is 6.92 Å². The second-order valence-corrected chi connectivity index (χ2v) is 6.70. The van der Waals surface area contributed by atoms with Crippen LogP contribution in [0.1, 0.15) is 87.0 Å². The van der Waals surface area contributed by atoms with Crippen molar-refractivity contribution in [3.63, 3.8) is 0 Å². The van der Waals surface area contributed by atoms with E-state index < -0.39 is 0 Å². The molecule has 1 heteroatoms.